The average molecular weight is 556 g/mol. The molecule has 0 aromatic heterocycles. The molecule has 1 aliphatic rings. The first-order chi connectivity index (χ1) is 19.2. The molecule has 0 atom stereocenters. The first-order valence-corrected chi connectivity index (χ1v) is 13.1. The van der Waals surface area contributed by atoms with Gasteiger partial charge >= 0.3 is 12.0 Å². The van der Waals surface area contributed by atoms with Crippen molar-refractivity contribution in [3.63, 3.8) is 0 Å². The number of amides is 4. The Hall–Kier alpha value is -4.16. The molecular weight excluding hydrogens is 518 g/mol. The number of benzene rings is 2. The molecule has 12 heteroatoms. The van der Waals surface area contributed by atoms with Gasteiger partial charge in [0.1, 0.15) is 5.75 Å². The number of nitrogens with zero attached hydrogens (tertiary/aromatic N) is 2. The number of para-hydroxylation sites is 1. The van der Waals surface area contributed by atoms with Crippen LogP contribution >= 0.6 is 0 Å². The number of carbonyl (C=O) groups is 4. The molecule has 4 N–H and O–H groups in total. The van der Waals surface area contributed by atoms with E-state index >= 15 is 0 Å². The molecule has 0 unspecified atom stereocenters. The standard InChI is InChI=1S/C28H37N5O7/c1-20-5-3-4-6-22(20)30-28(38)31-23-8-7-21(17-24(23)39-2)18-25(34)29-19-26(35)33(10-9-27(36)37)12-11-32-13-15-40-16-14-32/h3-8,17H,9-16,18-19H2,1-2H3,(H,29,34)(H,36,37)(H2,30,31,38). The molecule has 0 bridgehead atoms. The van der Waals surface area contributed by atoms with Crippen LogP contribution in [0.15, 0.2) is 42.5 Å². The Morgan fingerprint density at radius 1 is 1.02 bits per heavy atom. The molecule has 0 aliphatic carbocycles. The zero-order valence-electron chi connectivity index (χ0n) is 22.9. The minimum absolute atomic E-state index is 0.0117. The number of aryl methyl sites for hydroxylation is 1. The topological polar surface area (TPSA) is 150 Å². The maximum Gasteiger partial charge on any atom is 0.323 e. The summed E-state index contributed by atoms with van der Waals surface area (Å²) in [5.74, 6) is -1.34. The number of anilines is 2. The van der Waals surface area contributed by atoms with Gasteiger partial charge in [-0.3, -0.25) is 19.3 Å². The van der Waals surface area contributed by atoms with Crippen LogP contribution in [0.25, 0.3) is 0 Å². The zero-order chi connectivity index (χ0) is 28.9. The molecule has 4 amide bonds. The van der Waals surface area contributed by atoms with E-state index in [1.54, 1.807) is 24.3 Å². The van der Waals surface area contributed by atoms with E-state index in [1.165, 1.54) is 12.0 Å². The van der Waals surface area contributed by atoms with E-state index in [0.29, 0.717) is 49.0 Å². The number of methoxy groups -OCH3 is 1. The molecule has 2 aromatic carbocycles. The van der Waals surface area contributed by atoms with E-state index < -0.39 is 12.0 Å². The Kier molecular flexibility index (Phi) is 11.7. The van der Waals surface area contributed by atoms with Gasteiger partial charge < -0.3 is 35.4 Å². The SMILES string of the molecule is COc1cc(CC(=O)NCC(=O)N(CCC(=O)O)CCN2CCOCC2)ccc1NC(=O)Nc1ccccc1C. The summed E-state index contributed by atoms with van der Waals surface area (Å²) in [5.41, 5.74) is 2.67. The van der Waals surface area contributed by atoms with Crippen molar-refractivity contribution in [2.75, 3.05) is 70.2 Å². The summed E-state index contributed by atoms with van der Waals surface area (Å²) in [7, 11) is 1.46. The summed E-state index contributed by atoms with van der Waals surface area (Å²) in [6.07, 6.45) is -0.186. The van der Waals surface area contributed by atoms with Crippen LogP contribution in [0.2, 0.25) is 0 Å². The number of carbonyl (C=O) groups excluding carboxylic acids is 3. The largest absolute Gasteiger partial charge is 0.495 e. The maximum atomic E-state index is 12.8. The van der Waals surface area contributed by atoms with E-state index in [1.807, 2.05) is 25.1 Å². The summed E-state index contributed by atoms with van der Waals surface area (Å²) in [5, 5.41) is 17.2. The fourth-order valence-corrected chi connectivity index (χ4v) is 4.15. The lowest BCUT2D eigenvalue weighted by Crippen LogP contribution is -2.46. The van der Waals surface area contributed by atoms with E-state index in [9.17, 15) is 19.2 Å². The van der Waals surface area contributed by atoms with Crippen molar-refractivity contribution >= 4 is 35.2 Å². The second-order valence-corrected chi connectivity index (χ2v) is 9.36. The molecule has 1 fully saturated rings. The van der Waals surface area contributed by atoms with Crippen LogP contribution in [0.4, 0.5) is 16.2 Å². The highest BCUT2D eigenvalue weighted by Crippen LogP contribution is 2.26. The van der Waals surface area contributed by atoms with Gasteiger partial charge in [0.15, 0.2) is 0 Å². The van der Waals surface area contributed by atoms with Crippen molar-refractivity contribution in [1.29, 1.82) is 0 Å². The van der Waals surface area contributed by atoms with Gasteiger partial charge in [0.05, 0.1) is 45.4 Å². The highest BCUT2D eigenvalue weighted by molar-refractivity contribution is 6.01. The van der Waals surface area contributed by atoms with Gasteiger partial charge in [-0.05, 0) is 36.2 Å². The second kappa shape index (κ2) is 15.4. The monoisotopic (exact) mass is 555 g/mol. The van der Waals surface area contributed by atoms with Crippen LogP contribution < -0.4 is 20.7 Å². The quantitative estimate of drug-likeness (QED) is 0.293. The van der Waals surface area contributed by atoms with Gasteiger partial charge in [-0.25, -0.2) is 4.79 Å². The number of morpholine rings is 1. The number of rotatable bonds is 13. The number of ether oxygens (including phenoxy) is 2. The van der Waals surface area contributed by atoms with Crippen molar-refractivity contribution in [1.82, 2.24) is 15.1 Å². The smallest absolute Gasteiger partial charge is 0.323 e. The minimum Gasteiger partial charge on any atom is -0.495 e. The molecular formula is C28H37N5O7. The van der Waals surface area contributed by atoms with Crippen LogP contribution in [0.5, 0.6) is 5.75 Å². The van der Waals surface area contributed by atoms with E-state index in [2.05, 4.69) is 20.9 Å². The van der Waals surface area contributed by atoms with Gasteiger partial charge in [0, 0.05) is 38.4 Å². The van der Waals surface area contributed by atoms with Crippen molar-refractivity contribution in [2.24, 2.45) is 0 Å². The second-order valence-electron chi connectivity index (χ2n) is 9.36. The van der Waals surface area contributed by atoms with Crippen molar-refractivity contribution in [3.05, 3.63) is 53.6 Å². The van der Waals surface area contributed by atoms with Gasteiger partial charge in [-0.1, -0.05) is 24.3 Å². The molecule has 1 aliphatic heterocycles. The molecule has 1 saturated heterocycles. The van der Waals surface area contributed by atoms with Crippen molar-refractivity contribution < 1.29 is 33.8 Å². The van der Waals surface area contributed by atoms with Gasteiger partial charge in [-0.15, -0.1) is 0 Å². The molecule has 0 spiro atoms. The third kappa shape index (κ3) is 9.86. The number of nitrogens with one attached hydrogen (secondary N) is 3. The molecule has 40 heavy (non-hydrogen) atoms. The Morgan fingerprint density at radius 3 is 2.45 bits per heavy atom. The van der Waals surface area contributed by atoms with E-state index in [0.717, 1.165) is 18.7 Å². The van der Waals surface area contributed by atoms with E-state index in [-0.39, 0.29) is 37.7 Å². The van der Waals surface area contributed by atoms with Crippen LogP contribution in [0.3, 0.4) is 0 Å². The Bertz CT molecular complexity index is 1180. The molecule has 216 valence electrons. The molecule has 3 rings (SSSR count). The molecule has 1 heterocycles. The fraction of sp³-hybridized carbons (Fsp3) is 0.429. The predicted octanol–water partition coefficient (Wildman–Crippen LogP) is 1.94. The summed E-state index contributed by atoms with van der Waals surface area (Å²) in [4.78, 5) is 52.5. The third-order valence-corrected chi connectivity index (χ3v) is 6.45. The predicted molar refractivity (Wildman–Crippen MR) is 150 cm³/mol. The maximum absolute atomic E-state index is 12.8. The van der Waals surface area contributed by atoms with Crippen molar-refractivity contribution in [3.8, 4) is 5.75 Å². The van der Waals surface area contributed by atoms with Gasteiger partial charge in [0.25, 0.3) is 0 Å². The molecule has 12 nitrogen and oxygen atoms in total. The fourth-order valence-electron chi connectivity index (χ4n) is 4.15. The van der Waals surface area contributed by atoms with Crippen LogP contribution in [-0.2, 0) is 25.5 Å². The highest BCUT2D eigenvalue weighted by Gasteiger charge is 2.19. The van der Waals surface area contributed by atoms with Crippen LogP contribution in [-0.4, -0.2) is 98.3 Å². The molecule has 0 saturated carbocycles. The Morgan fingerprint density at radius 2 is 1.75 bits per heavy atom. The average Bonchev–Trinajstić information content (AvgIpc) is 2.94. The Balaban J connectivity index is 1.51. The lowest BCUT2D eigenvalue weighted by atomic mass is 10.1. The van der Waals surface area contributed by atoms with Gasteiger partial charge in [0.2, 0.25) is 11.8 Å². The first-order valence-electron chi connectivity index (χ1n) is 13.1. The number of carboxylic acid groups (broad SMARTS) is 1. The van der Waals surface area contributed by atoms with Crippen molar-refractivity contribution in [2.45, 2.75) is 19.8 Å². The van der Waals surface area contributed by atoms with Crippen LogP contribution in [0, 0.1) is 6.92 Å². The molecule has 0 radical (unpaired) electrons. The zero-order valence-corrected chi connectivity index (χ0v) is 22.9. The summed E-state index contributed by atoms with van der Waals surface area (Å²) < 4.78 is 10.7. The third-order valence-electron chi connectivity index (χ3n) is 6.45. The summed E-state index contributed by atoms with van der Waals surface area (Å²) >= 11 is 0. The van der Waals surface area contributed by atoms with Gasteiger partial charge in [-0.2, -0.15) is 0 Å². The number of hydrogen-bond acceptors (Lipinski definition) is 7. The normalized spacial score (nSPS) is 13.2. The summed E-state index contributed by atoms with van der Waals surface area (Å²) in [6.45, 7) is 5.46. The van der Waals surface area contributed by atoms with Crippen LogP contribution in [0.1, 0.15) is 17.5 Å². The molecule has 2 aromatic rings. The highest BCUT2D eigenvalue weighted by atomic mass is 16.5. The minimum atomic E-state index is -0.993. The van der Waals surface area contributed by atoms with E-state index in [4.69, 9.17) is 14.6 Å². The number of carboxylic acids is 1. The Labute approximate surface area is 233 Å². The number of aliphatic carboxylic acids is 1. The number of hydrogen-bond donors (Lipinski definition) is 4. The first kappa shape index (κ1) is 30.4. The lowest BCUT2D eigenvalue weighted by Gasteiger charge is -2.30. The number of urea groups is 1. The lowest BCUT2D eigenvalue weighted by molar-refractivity contribution is -0.139. The summed E-state index contributed by atoms with van der Waals surface area (Å²) in [6, 6.07) is 11.9.